The van der Waals surface area contributed by atoms with Crippen LogP contribution in [0.5, 0.6) is 0 Å². The smallest absolute Gasteiger partial charge is 0.270 e. The summed E-state index contributed by atoms with van der Waals surface area (Å²) < 4.78 is 13.2. The third-order valence-electron chi connectivity index (χ3n) is 7.76. The normalized spacial score (nSPS) is 19.2. The Morgan fingerprint density at radius 3 is 2.39 bits per heavy atom. The number of hydrogen-bond donors (Lipinski definition) is 1. The monoisotopic (exact) mass is 489 g/mol. The second-order valence-electron chi connectivity index (χ2n) is 10.1. The Morgan fingerprint density at radius 2 is 1.67 bits per heavy atom. The van der Waals surface area contributed by atoms with Crippen molar-refractivity contribution in [2.75, 3.05) is 26.2 Å². The Balaban J connectivity index is 1.15. The summed E-state index contributed by atoms with van der Waals surface area (Å²) in [6.07, 6.45) is 4.53. The molecule has 0 radical (unpaired) electrons. The van der Waals surface area contributed by atoms with Crippen LogP contribution in [0.3, 0.4) is 0 Å². The van der Waals surface area contributed by atoms with Gasteiger partial charge < -0.3 is 14.8 Å². The van der Waals surface area contributed by atoms with Crippen LogP contribution >= 0.6 is 0 Å². The van der Waals surface area contributed by atoms with Crippen LogP contribution < -0.4 is 0 Å². The number of likely N-dealkylation sites (tertiary alicyclic amines) is 2. The number of carbonyl (C=O) groups excluding carboxylic acids is 3. The van der Waals surface area contributed by atoms with E-state index >= 15 is 0 Å². The SMILES string of the molecule is CC(=O)c1ccc2cc(C(=O)N3CCC[C@H]3CCN3CCC(C(=O)c4ccc(F)cc4)CC3)[nH]c2c1. The Morgan fingerprint density at radius 1 is 0.944 bits per heavy atom. The molecule has 5 rings (SSSR count). The van der Waals surface area contributed by atoms with Gasteiger partial charge in [0.2, 0.25) is 0 Å². The maximum atomic E-state index is 13.3. The molecule has 0 spiro atoms. The molecule has 2 aromatic carbocycles. The summed E-state index contributed by atoms with van der Waals surface area (Å²) in [6, 6.07) is 13.4. The summed E-state index contributed by atoms with van der Waals surface area (Å²) in [6.45, 7) is 4.92. The lowest BCUT2D eigenvalue weighted by atomic mass is 9.88. The number of H-pyrrole nitrogens is 1. The zero-order chi connectivity index (χ0) is 25.2. The fraction of sp³-hybridized carbons (Fsp3) is 0.414. The second kappa shape index (κ2) is 10.3. The van der Waals surface area contributed by atoms with Crippen LogP contribution in [0.1, 0.15) is 70.2 Å². The first kappa shape index (κ1) is 24.4. The topological polar surface area (TPSA) is 73.5 Å². The van der Waals surface area contributed by atoms with Crippen molar-refractivity contribution in [3.05, 3.63) is 71.2 Å². The predicted octanol–water partition coefficient (Wildman–Crippen LogP) is 5.10. The molecule has 188 valence electrons. The Bertz CT molecular complexity index is 1270. The van der Waals surface area contributed by atoms with Crippen molar-refractivity contribution in [2.24, 2.45) is 5.92 Å². The number of aromatic nitrogens is 1. The number of benzene rings is 2. The molecular formula is C29H32FN3O3. The molecule has 2 aliphatic heterocycles. The number of nitrogens with zero attached hydrogens (tertiary/aromatic N) is 2. The number of nitrogens with one attached hydrogen (secondary N) is 1. The minimum Gasteiger partial charge on any atom is -0.351 e. The van der Waals surface area contributed by atoms with E-state index in [1.165, 1.54) is 19.1 Å². The highest BCUT2D eigenvalue weighted by Crippen LogP contribution is 2.27. The van der Waals surface area contributed by atoms with E-state index in [-0.39, 0.29) is 35.3 Å². The fourth-order valence-electron chi connectivity index (χ4n) is 5.62. The predicted molar refractivity (Wildman–Crippen MR) is 137 cm³/mol. The molecule has 6 nitrogen and oxygen atoms in total. The molecule has 0 aliphatic carbocycles. The molecule has 0 unspecified atom stereocenters. The number of halogens is 1. The Labute approximate surface area is 210 Å². The number of fused-ring (bicyclic) bond motifs is 1. The Kier molecular flexibility index (Phi) is 7.01. The lowest BCUT2D eigenvalue weighted by molar-refractivity contribution is 0.0700. The molecule has 2 fully saturated rings. The molecule has 2 aliphatic rings. The molecule has 2 saturated heterocycles. The van der Waals surface area contributed by atoms with Gasteiger partial charge in [-0.1, -0.05) is 12.1 Å². The molecule has 0 bridgehead atoms. The quantitative estimate of drug-likeness (QED) is 0.469. The van der Waals surface area contributed by atoms with E-state index < -0.39 is 0 Å². The maximum absolute atomic E-state index is 13.3. The summed E-state index contributed by atoms with van der Waals surface area (Å²) in [5.74, 6) is -0.213. The van der Waals surface area contributed by atoms with Crippen LogP contribution in [0, 0.1) is 11.7 Å². The number of Topliss-reactive ketones (excluding diaryl/α,β-unsaturated/α-hetero) is 2. The van der Waals surface area contributed by atoms with Gasteiger partial charge in [0.05, 0.1) is 0 Å². The van der Waals surface area contributed by atoms with Crippen molar-refractivity contribution in [1.29, 1.82) is 0 Å². The highest BCUT2D eigenvalue weighted by Gasteiger charge is 2.31. The summed E-state index contributed by atoms with van der Waals surface area (Å²) in [4.78, 5) is 45.4. The largest absolute Gasteiger partial charge is 0.351 e. The van der Waals surface area contributed by atoms with E-state index in [4.69, 9.17) is 0 Å². The maximum Gasteiger partial charge on any atom is 0.270 e. The van der Waals surface area contributed by atoms with Gasteiger partial charge in [0, 0.05) is 47.1 Å². The number of rotatable bonds is 7. The fourth-order valence-corrected chi connectivity index (χ4v) is 5.62. The van der Waals surface area contributed by atoms with Gasteiger partial charge in [-0.3, -0.25) is 14.4 Å². The van der Waals surface area contributed by atoms with Crippen molar-refractivity contribution in [2.45, 2.75) is 45.1 Å². The zero-order valence-electron chi connectivity index (χ0n) is 20.6. The summed E-state index contributed by atoms with van der Waals surface area (Å²) in [7, 11) is 0. The minimum absolute atomic E-state index is 0.00263. The van der Waals surface area contributed by atoms with Crippen molar-refractivity contribution in [3.8, 4) is 0 Å². The lowest BCUT2D eigenvalue weighted by Gasteiger charge is -2.33. The van der Waals surface area contributed by atoms with Gasteiger partial charge in [-0.25, -0.2) is 4.39 Å². The van der Waals surface area contributed by atoms with E-state index in [1.54, 1.807) is 24.3 Å². The molecule has 1 atom stereocenters. The third kappa shape index (κ3) is 5.12. The number of piperidine rings is 1. The first-order chi connectivity index (χ1) is 17.4. The standard InChI is InChI=1S/C29H32FN3O3/c1-19(34)22-4-5-23-18-27(31-26(23)17-22)29(36)33-13-2-3-25(33)12-16-32-14-10-21(11-15-32)28(35)20-6-8-24(30)9-7-20/h4-9,17-18,21,25,31H,2-3,10-16H2,1H3/t25-/m0/s1. The van der Waals surface area contributed by atoms with Gasteiger partial charge in [0.15, 0.2) is 11.6 Å². The highest BCUT2D eigenvalue weighted by molar-refractivity contribution is 6.01. The van der Waals surface area contributed by atoms with Gasteiger partial charge >= 0.3 is 0 Å². The van der Waals surface area contributed by atoms with Crippen molar-refractivity contribution in [1.82, 2.24) is 14.8 Å². The third-order valence-corrected chi connectivity index (χ3v) is 7.76. The van der Waals surface area contributed by atoms with Crippen LogP contribution in [0.25, 0.3) is 10.9 Å². The number of aromatic amines is 1. The van der Waals surface area contributed by atoms with Crippen molar-refractivity contribution in [3.63, 3.8) is 0 Å². The van der Waals surface area contributed by atoms with Crippen molar-refractivity contribution >= 4 is 28.4 Å². The molecule has 36 heavy (non-hydrogen) atoms. The van der Waals surface area contributed by atoms with E-state index in [9.17, 15) is 18.8 Å². The highest BCUT2D eigenvalue weighted by atomic mass is 19.1. The molecule has 7 heteroatoms. The molecule has 1 amide bonds. The van der Waals surface area contributed by atoms with Crippen LogP contribution in [0.4, 0.5) is 4.39 Å². The summed E-state index contributed by atoms with van der Waals surface area (Å²) >= 11 is 0. The first-order valence-electron chi connectivity index (χ1n) is 12.9. The van der Waals surface area contributed by atoms with E-state index in [0.717, 1.165) is 69.2 Å². The molecule has 1 aromatic heterocycles. The van der Waals surface area contributed by atoms with Crippen molar-refractivity contribution < 1.29 is 18.8 Å². The number of amides is 1. The van der Waals surface area contributed by atoms with E-state index in [1.807, 2.05) is 17.0 Å². The van der Waals surface area contributed by atoms with Gasteiger partial charge in [0.25, 0.3) is 5.91 Å². The summed E-state index contributed by atoms with van der Waals surface area (Å²) in [5.41, 5.74) is 2.59. The van der Waals surface area contributed by atoms with Gasteiger partial charge in [-0.05, 0) is 88.5 Å². The van der Waals surface area contributed by atoms with E-state index in [0.29, 0.717) is 16.8 Å². The second-order valence-corrected chi connectivity index (χ2v) is 10.1. The van der Waals surface area contributed by atoms with Gasteiger partial charge in [0.1, 0.15) is 11.5 Å². The number of carbonyl (C=O) groups is 3. The van der Waals surface area contributed by atoms with Gasteiger partial charge in [-0.15, -0.1) is 0 Å². The molecule has 0 saturated carbocycles. The molecule has 3 heterocycles. The molecular weight excluding hydrogens is 457 g/mol. The Hall–Kier alpha value is -3.32. The van der Waals surface area contributed by atoms with Crippen LogP contribution in [0.2, 0.25) is 0 Å². The van der Waals surface area contributed by atoms with Crippen LogP contribution in [-0.2, 0) is 0 Å². The number of ketones is 2. The first-order valence-corrected chi connectivity index (χ1v) is 12.9. The average Bonchev–Trinajstić information content (AvgIpc) is 3.54. The zero-order valence-corrected chi connectivity index (χ0v) is 20.6. The van der Waals surface area contributed by atoms with Crippen LogP contribution in [-0.4, -0.2) is 64.5 Å². The molecule has 1 N–H and O–H groups in total. The minimum atomic E-state index is -0.326. The molecule has 3 aromatic rings. The average molecular weight is 490 g/mol. The van der Waals surface area contributed by atoms with E-state index in [2.05, 4.69) is 9.88 Å². The number of hydrogen-bond acceptors (Lipinski definition) is 4. The lowest BCUT2D eigenvalue weighted by Crippen LogP contribution is -2.41. The van der Waals surface area contributed by atoms with Crippen LogP contribution in [0.15, 0.2) is 48.5 Å². The summed E-state index contributed by atoms with van der Waals surface area (Å²) in [5, 5.41) is 0.928. The van der Waals surface area contributed by atoms with Gasteiger partial charge in [-0.2, -0.15) is 0 Å².